The summed E-state index contributed by atoms with van der Waals surface area (Å²) in [4.78, 5) is 0. The summed E-state index contributed by atoms with van der Waals surface area (Å²) in [7, 11) is 0. The van der Waals surface area contributed by atoms with E-state index in [4.69, 9.17) is 5.73 Å². The Morgan fingerprint density at radius 1 is 1.73 bits per heavy atom. The Labute approximate surface area is 72.2 Å². The number of hydrogen-bond donors (Lipinski definition) is 3. The van der Waals surface area contributed by atoms with Crippen LogP contribution in [0.3, 0.4) is 0 Å². The van der Waals surface area contributed by atoms with E-state index >= 15 is 0 Å². The lowest BCUT2D eigenvalue weighted by molar-refractivity contribution is 0.518. The maximum absolute atomic E-state index is 5.30. The third kappa shape index (κ3) is 7.42. The van der Waals surface area contributed by atoms with Crippen molar-refractivity contribution in [3.8, 4) is 0 Å². The van der Waals surface area contributed by atoms with Gasteiger partial charge in [-0.3, -0.25) is 5.43 Å². The van der Waals surface area contributed by atoms with Crippen molar-refractivity contribution in [1.29, 1.82) is 0 Å². The van der Waals surface area contributed by atoms with Crippen molar-refractivity contribution in [3.63, 3.8) is 0 Å². The summed E-state index contributed by atoms with van der Waals surface area (Å²) in [5, 5.41) is 8.97. The van der Waals surface area contributed by atoms with Crippen LogP contribution < -0.4 is 16.5 Å². The van der Waals surface area contributed by atoms with Crippen LogP contribution >= 0.6 is 12.2 Å². The highest BCUT2D eigenvalue weighted by atomic mass is 32.1. The van der Waals surface area contributed by atoms with Crippen LogP contribution in [0.5, 0.6) is 0 Å². The lowest BCUT2D eigenvalue weighted by Gasteiger charge is -2.11. The average Bonchev–Trinajstić information content (AvgIpc) is 2.01. The van der Waals surface area contributed by atoms with Crippen molar-refractivity contribution in [2.75, 3.05) is 19.6 Å². The van der Waals surface area contributed by atoms with E-state index < -0.39 is 0 Å². The molecule has 0 aromatic heterocycles. The fraction of sp³-hybridized carbons (Fsp3) is 0.833. The van der Waals surface area contributed by atoms with Crippen LogP contribution in [-0.4, -0.2) is 30.8 Å². The van der Waals surface area contributed by atoms with Gasteiger partial charge in [-0.15, -0.1) is 5.10 Å². The van der Waals surface area contributed by atoms with Crippen molar-refractivity contribution in [2.24, 2.45) is 10.8 Å². The zero-order valence-corrected chi connectivity index (χ0v) is 7.45. The zero-order chi connectivity index (χ0) is 8.53. The molecular formula is C6H14N4S. The summed E-state index contributed by atoms with van der Waals surface area (Å²) in [5.41, 5.74) is 8.05. The van der Waals surface area contributed by atoms with Crippen LogP contribution in [0, 0.1) is 0 Å². The number of hydrazone groups is 1. The van der Waals surface area contributed by atoms with Crippen molar-refractivity contribution in [2.45, 2.75) is 13.0 Å². The molecule has 64 valence electrons. The highest BCUT2D eigenvalue weighted by Crippen LogP contribution is 1.75. The monoisotopic (exact) mass is 174 g/mol. The first-order chi connectivity index (χ1) is 5.31. The number of hydrogen-bond acceptors (Lipinski definition) is 5. The molecule has 0 aliphatic rings. The quantitative estimate of drug-likeness (QED) is 0.289. The van der Waals surface area contributed by atoms with Gasteiger partial charge in [-0.2, -0.15) is 0 Å². The van der Waals surface area contributed by atoms with E-state index in [1.807, 2.05) is 6.92 Å². The van der Waals surface area contributed by atoms with Crippen LogP contribution in [0.15, 0.2) is 5.10 Å². The molecule has 4 N–H and O–H groups in total. The first kappa shape index (κ1) is 10.5. The first-order valence-electron chi connectivity index (χ1n) is 3.54. The molecule has 0 fully saturated rings. The average molecular weight is 174 g/mol. The Hall–Kier alpha value is -0.480. The lowest BCUT2D eigenvalue weighted by Crippen LogP contribution is -2.37. The molecule has 1 unspecified atom stereocenters. The Morgan fingerprint density at radius 2 is 2.45 bits per heavy atom. The predicted octanol–water partition coefficient (Wildman–Crippen LogP) is -0.469. The standard InChI is InChI=1S/C6H14N4S/c1-6(8-3-2-7)4-9-10-5-11/h6,8-9H,2-4,7H2,1H3. The van der Waals surface area contributed by atoms with Gasteiger partial charge in [-0.25, -0.2) is 0 Å². The van der Waals surface area contributed by atoms with Crippen molar-refractivity contribution < 1.29 is 0 Å². The van der Waals surface area contributed by atoms with E-state index in [0.717, 1.165) is 13.1 Å². The second-order valence-corrected chi connectivity index (χ2v) is 2.39. The molecule has 0 bridgehead atoms. The van der Waals surface area contributed by atoms with E-state index in [0.29, 0.717) is 12.6 Å². The van der Waals surface area contributed by atoms with Gasteiger partial charge in [0.15, 0.2) is 0 Å². The van der Waals surface area contributed by atoms with E-state index in [-0.39, 0.29) is 0 Å². The molecule has 0 spiro atoms. The highest BCUT2D eigenvalue weighted by molar-refractivity contribution is 7.78. The number of nitrogens with zero attached hydrogens (tertiary/aromatic N) is 1. The molecule has 5 heteroatoms. The Morgan fingerprint density at radius 3 is 3.00 bits per heavy atom. The lowest BCUT2D eigenvalue weighted by atomic mass is 10.3. The van der Waals surface area contributed by atoms with Crippen molar-refractivity contribution in [3.05, 3.63) is 0 Å². The van der Waals surface area contributed by atoms with E-state index in [1.165, 1.54) is 0 Å². The molecule has 0 aliphatic carbocycles. The van der Waals surface area contributed by atoms with E-state index in [1.54, 1.807) is 0 Å². The molecule has 4 nitrogen and oxygen atoms in total. The summed E-state index contributed by atoms with van der Waals surface area (Å²) < 4.78 is 0. The molecule has 0 saturated carbocycles. The van der Waals surface area contributed by atoms with Gasteiger partial charge >= 0.3 is 0 Å². The highest BCUT2D eigenvalue weighted by Gasteiger charge is 1.96. The fourth-order valence-corrected chi connectivity index (χ4v) is 0.681. The maximum atomic E-state index is 5.30. The van der Waals surface area contributed by atoms with Crippen LogP contribution in [0.4, 0.5) is 0 Å². The molecule has 0 amide bonds. The molecule has 0 aromatic rings. The van der Waals surface area contributed by atoms with Gasteiger partial charge in [0.25, 0.3) is 0 Å². The van der Waals surface area contributed by atoms with Gasteiger partial charge in [-0.05, 0) is 19.1 Å². The van der Waals surface area contributed by atoms with Gasteiger partial charge in [0.05, 0.1) is 5.16 Å². The summed E-state index contributed by atoms with van der Waals surface area (Å²) >= 11 is 4.37. The normalized spacial score (nSPS) is 11.8. The summed E-state index contributed by atoms with van der Waals surface area (Å²) in [6.45, 7) is 4.26. The van der Waals surface area contributed by atoms with E-state index in [9.17, 15) is 0 Å². The van der Waals surface area contributed by atoms with Gasteiger partial charge < -0.3 is 11.1 Å². The predicted molar refractivity (Wildman–Crippen MR) is 49.5 cm³/mol. The van der Waals surface area contributed by atoms with Gasteiger partial charge in [0, 0.05) is 25.7 Å². The summed E-state index contributed by atoms with van der Waals surface area (Å²) in [6.07, 6.45) is 0. The van der Waals surface area contributed by atoms with Crippen LogP contribution in [-0.2, 0) is 0 Å². The molecule has 0 radical (unpaired) electrons. The van der Waals surface area contributed by atoms with Gasteiger partial charge in [0.1, 0.15) is 0 Å². The molecule has 1 atom stereocenters. The number of isothiocyanates is 1. The van der Waals surface area contributed by atoms with Crippen LogP contribution in [0.1, 0.15) is 6.92 Å². The SMILES string of the molecule is CC(CNN=C=S)NCCN. The molecule has 0 aliphatic heterocycles. The van der Waals surface area contributed by atoms with Crippen LogP contribution in [0.25, 0.3) is 0 Å². The second-order valence-electron chi connectivity index (χ2n) is 2.21. The third-order valence-electron chi connectivity index (χ3n) is 1.16. The number of thiocarbonyl (C=S) groups is 1. The smallest absolute Gasteiger partial charge is 0.0843 e. The number of nitrogens with two attached hydrogens (primary N) is 1. The van der Waals surface area contributed by atoms with Crippen LogP contribution in [0.2, 0.25) is 0 Å². The van der Waals surface area contributed by atoms with E-state index in [2.05, 4.69) is 33.2 Å². The summed E-state index contributed by atoms with van der Waals surface area (Å²) in [6, 6.07) is 0.352. The molecule has 11 heavy (non-hydrogen) atoms. The van der Waals surface area contributed by atoms with Gasteiger partial charge in [0.2, 0.25) is 0 Å². The Bertz CT molecular complexity index is 133. The summed E-state index contributed by atoms with van der Waals surface area (Å²) in [5.74, 6) is 0. The fourth-order valence-electron chi connectivity index (χ4n) is 0.617. The first-order valence-corrected chi connectivity index (χ1v) is 3.95. The Balaban J connectivity index is 3.21. The molecule has 0 heterocycles. The molecular weight excluding hydrogens is 160 g/mol. The molecule has 0 aromatic carbocycles. The maximum Gasteiger partial charge on any atom is 0.0843 e. The zero-order valence-electron chi connectivity index (χ0n) is 6.63. The number of rotatable bonds is 6. The van der Waals surface area contributed by atoms with Gasteiger partial charge in [-0.1, -0.05) is 0 Å². The van der Waals surface area contributed by atoms with Crippen molar-refractivity contribution in [1.82, 2.24) is 10.7 Å². The third-order valence-corrected chi connectivity index (χ3v) is 1.25. The number of nitrogens with one attached hydrogen (secondary N) is 2. The molecule has 0 saturated heterocycles. The van der Waals surface area contributed by atoms with Crippen molar-refractivity contribution >= 4 is 17.4 Å². The minimum atomic E-state index is 0.352. The molecule has 0 rings (SSSR count). The minimum Gasteiger partial charge on any atom is -0.329 e. The minimum absolute atomic E-state index is 0.352. The Kier molecular flexibility index (Phi) is 7.29. The largest absolute Gasteiger partial charge is 0.329 e. The topological polar surface area (TPSA) is 62.4 Å². The second kappa shape index (κ2) is 7.63.